The summed E-state index contributed by atoms with van der Waals surface area (Å²) in [5, 5.41) is 7.52. The van der Waals surface area contributed by atoms with Gasteiger partial charge in [-0.2, -0.15) is 5.10 Å². The minimum atomic E-state index is 0.0615. The van der Waals surface area contributed by atoms with Crippen LogP contribution in [0.1, 0.15) is 24.6 Å². The van der Waals surface area contributed by atoms with Crippen LogP contribution in [0, 0.1) is 0 Å². The second kappa shape index (κ2) is 9.57. The molecule has 0 aliphatic carbocycles. The largest absolute Gasteiger partial charge is 0.494 e. The molecule has 3 aromatic rings. The van der Waals surface area contributed by atoms with Crippen molar-refractivity contribution in [2.24, 2.45) is 0 Å². The summed E-state index contributed by atoms with van der Waals surface area (Å²) in [6.07, 6.45) is 3.86. The highest BCUT2D eigenvalue weighted by molar-refractivity contribution is 5.76. The Hall–Kier alpha value is -3.08. The number of nitrogens with zero attached hydrogens (tertiary/aromatic N) is 2. The van der Waals surface area contributed by atoms with Crippen LogP contribution in [-0.2, 0) is 17.6 Å². The summed E-state index contributed by atoms with van der Waals surface area (Å²) in [6, 6.07) is 19.9. The maximum absolute atomic E-state index is 12.0. The summed E-state index contributed by atoms with van der Waals surface area (Å²) in [6.45, 7) is 3.21. The fraction of sp³-hybridized carbons (Fsp3) is 0.273. The van der Waals surface area contributed by atoms with E-state index in [1.807, 2.05) is 78.5 Å². The van der Waals surface area contributed by atoms with Crippen LogP contribution in [-0.4, -0.2) is 28.8 Å². The maximum atomic E-state index is 12.0. The van der Waals surface area contributed by atoms with Crippen LogP contribution in [0.3, 0.4) is 0 Å². The number of nitrogens with one attached hydrogen (secondary N) is 1. The van der Waals surface area contributed by atoms with Gasteiger partial charge in [0.25, 0.3) is 0 Å². The van der Waals surface area contributed by atoms with E-state index in [0.29, 0.717) is 26.0 Å². The molecule has 1 heterocycles. The zero-order chi connectivity index (χ0) is 18.9. The second-order valence-electron chi connectivity index (χ2n) is 6.26. The Balaban J connectivity index is 1.39. The predicted molar refractivity (Wildman–Crippen MR) is 106 cm³/mol. The van der Waals surface area contributed by atoms with Crippen molar-refractivity contribution in [2.75, 3.05) is 13.2 Å². The number of para-hydroxylation sites is 1. The smallest absolute Gasteiger partial charge is 0.220 e. The number of rotatable bonds is 9. The van der Waals surface area contributed by atoms with Crippen LogP contribution >= 0.6 is 0 Å². The molecule has 0 spiro atoms. The molecule has 140 valence electrons. The quantitative estimate of drug-likeness (QED) is 0.632. The van der Waals surface area contributed by atoms with Crippen LogP contribution in [0.15, 0.2) is 66.9 Å². The van der Waals surface area contributed by atoms with E-state index in [2.05, 4.69) is 10.4 Å². The molecule has 2 aromatic carbocycles. The molecule has 0 aliphatic heterocycles. The number of amides is 1. The molecule has 5 nitrogen and oxygen atoms in total. The Morgan fingerprint density at radius 1 is 1.04 bits per heavy atom. The lowest BCUT2D eigenvalue weighted by Crippen LogP contribution is -2.26. The highest BCUT2D eigenvalue weighted by Crippen LogP contribution is 2.13. The summed E-state index contributed by atoms with van der Waals surface area (Å²) >= 11 is 0. The zero-order valence-electron chi connectivity index (χ0n) is 15.6. The van der Waals surface area contributed by atoms with Gasteiger partial charge in [-0.05, 0) is 49.2 Å². The molecule has 0 saturated carbocycles. The first kappa shape index (κ1) is 18.7. The third-order valence-electron chi connectivity index (χ3n) is 4.24. The number of carbonyl (C=O) groups is 1. The minimum Gasteiger partial charge on any atom is -0.494 e. The van der Waals surface area contributed by atoms with Gasteiger partial charge in [-0.25, -0.2) is 4.68 Å². The van der Waals surface area contributed by atoms with Crippen LogP contribution in [0.4, 0.5) is 0 Å². The van der Waals surface area contributed by atoms with Crippen molar-refractivity contribution in [1.82, 2.24) is 15.1 Å². The van der Waals surface area contributed by atoms with Gasteiger partial charge in [0, 0.05) is 25.6 Å². The number of ether oxygens (including phenoxy) is 1. The van der Waals surface area contributed by atoms with Gasteiger partial charge in [0.1, 0.15) is 5.75 Å². The van der Waals surface area contributed by atoms with Crippen molar-refractivity contribution in [2.45, 2.75) is 26.2 Å². The third kappa shape index (κ3) is 5.71. The van der Waals surface area contributed by atoms with E-state index in [0.717, 1.165) is 29.1 Å². The third-order valence-corrected chi connectivity index (χ3v) is 4.24. The lowest BCUT2D eigenvalue weighted by Gasteiger charge is -2.06. The maximum Gasteiger partial charge on any atom is 0.220 e. The van der Waals surface area contributed by atoms with Crippen molar-refractivity contribution >= 4 is 5.91 Å². The number of aryl methyl sites for hydroxylation is 1. The highest BCUT2D eigenvalue weighted by atomic mass is 16.5. The van der Waals surface area contributed by atoms with Crippen molar-refractivity contribution in [3.05, 3.63) is 78.1 Å². The van der Waals surface area contributed by atoms with Crippen molar-refractivity contribution < 1.29 is 9.53 Å². The molecular formula is C22H25N3O2. The Bertz CT molecular complexity index is 842. The summed E-state index contributed by atoms with van der Waals surface area (Å²) in [4.78, 5) is 12.0. The predicted octanol–water partition coefficient (Wildman–Crippen LogP) is 3.56. The van der Waals surface area contributed by atoms with E-state index >= 15 is 0 Å². The van der Waals surface area contributed by atoms with Crippen molar-refractivity contribution in [3.8, 4) is 11.4 Å². The molecule has 1 aromatic heterocycles. The van der Waals surface area contributed by atoms with E-state index in [1.54, 1.807) is 0 Å². The van der Waals surface area contributed by atoms with Crippen LogP contribution in [0.2, 0.25) is 0 Å². The van der Waals surface area contributed by atoms with Gasteiger partial charge in [0.2, 0.25) is 5.91 Å². The number of benzene rings is 2. The Labute approximate surface area is 160 Å². The molecule has 0 saturated heterocycles. The monoisotopic (exact) mass is 363 g/mol. The average molecular weight is 363 g/mol. The molecule has 0 bridgehead atoms. The molecule has 0 unspecified atom stereocenters. The van der Waals surface area contributed by atoms with Crippen LogP contribution in [0.5, 0.6) is 5.75 Å². The lowest BCUT2D eigenvalue weighted by atomic mass is 10.1. The lowest BCUT2D eigenvalue weighted by molar-refractivity contribution is -0.121. The highest BCUT2D eigenvalue weighted by Gasteiger charge is 2.05. The molecule has 0 fully saturated rings. The van der Waals surface area contributed by atoms with Gasteiger partial charge < -0.3 is 10.1 Å². The van der Waals surface area contributed by atoms with Gasteiger partial charge in [-0.15, -0.1) is 0 Å². The molecule has 3 rings (SSSR count). The Morgan fingerprint density at radius 3 is 2.56 bits per heavy atom. The zero-order valence-corrected chi connectivity index (χ0v) is 15.6. The average Bonchev–Trinajstić information content (AvgIpc) is 3.17. The van der Waals surface area contributed by atoms with Gasteiger partial charge in [-0.3, -0.25) is 4.79 Å². The second-order valence-corrected chi connectivity index (χ2v) is 6.26. The Kier molecular flexibility index (Phi) is 6.63. The molecule has 0 atom stereocenters. The first-order chi connectivity index (χ1) is 13.2. The van der Waals surface area contributed by atoms with Gasteiger partial charge in [-0.1, -0.05) is 30.3 Å². The van der Waals surface area contributed by atoms with Gasteiger partial charge in [0.15, 0.2) is 0 Å². The number of aromatic nitrogens is 2. The Morgan fingerprint density at radius 2 is 1.81 bits per heavy atom. The van der Waals surface area contributed by atoms with E-state index in [4.69, 9.17) is 4.74 Å². The van der Waals surface area contributed by atoms with Crippen molar-refractivity contribution in [3.63, 3.8) is 0 Å². The summed E-state index contributed by atoms with van der Waals surface area (Å²) in [5.41, 5.74) is 3.13. The molecular weight excluding hydrogens is 338 g/mol. The van der Waals surface area contributed by atoms with Crippen LogP contribution in [0.25, 0.3) is 5.69 Å². The minimum absolute atomic E-state index is 0.0615. The normalized spacial score (nSPS) is 10.6. The standard InChI is InChI=1S/C22H25N3O2/c1-2-27-21-11-8-18(9-12-21)10-13-22(26)23-16-14-19-15-17-25(24-19)20-6-4-3-5-7-20/h3-9,11-12,15,17H,2,10,13-14,16H2,1H3,(H,23,26). The van der Waals surface area contributed by atoms with Crippen LogP contribution < -0.4 is 10.1 Å². The number of carbonyl (C=O) groups excluding carboxylic acids is 1. The molecule has 0 aliphatic rings. The summed E-state index contributed by atoms with van der Waals surface area (Å²) < 4.78 is 7.27. The van der Waals surface area contributed by atoms with E-state index in [1.165, 1.54) is 0 Å². The van der Waals surface area contributed by atoms with Gasteiger partial charge >= 0.3 is 0 Å². The van der Waals surface area contributed by atoms with E-state index in [-0.39, 0.29) is 5.91 Å². The summed E-state index contributed by atoms with van der Waals surface area (Å²) in [5.74, 6) is 0.923. The fourth-order valence-corrected chi connectivity index (χ4v) is 2.81. The van der Waals surface area contributed by atoms with Gasteiger partial charge in [0.05, 0.1) is 18.0 Å². The fourth-order valence-electron chi connectivity index (χ4n) is 2.81. The summed E-state index contributed by atoms with van der Waals surface area (Å²) in [7, 11) is 0. The number of hydrogen-bond donors (Lipinski definition) is 1. The molecule has 1 N–H and O–H groups in total. The molecule has 1 amide bonds. The molecule has 0 radical (unpaired) electrons. The van der Waals surface area contributed by atoms with E-state index in [9.17, 15) is 4.79 Å². The first-order valence-corrected chi connectivity index (χ1v) is 9.33. The van der Waals surface area contributed by atoms with E-state index < -0.39 is 0 Å². The SMILES string of the molecule is CCOc1ccc(CCC(=O)NCCc2ccn(-c3ccccc3)n2)cc1. The number of hydrogen-bond acceptors (Lipinski definition) is 3. The first-order valence-electron chi connectivity index (χ1n) is 9.33. The molecule has 27 heavy (non-hydrogen) atoms. The topological polar surface area (TPSA) is 56.1 Å². The van der Waals surface area contributed by atoms with Crippen molar-refractivity contribution in [1.29, 1.82) is 0 Å². The molecule has 5 heteroatoms.